The van der Waals surface area contributed by atoms with Gasteiger partial charge in [-0.3, -0.25) is 0 Å². The molecule has 3 unspecified atom stereocenters. The summed E-state index contributed by atoms with van der Waals surface area (Å²) in [6, 6.07) is 0.515. The predicted molar refractivity (Wildman–Crippen MR) is 31.4 cm³/mol. The molecule has 45 valence electrons. The molecule has 2 rings (SSSR count). The van der Waals surface area contributed by atoms with Gasteiger partial charge >= 0.3 is 0 Å². The van der Waals surface area contributed by atoms with E-state index < -0.39 is 0 Å². The minimum atomic E-state index is 0.515. The van der Waals surface area contributed by atoms with Crippen molar-refractivity contribution in [3.05, 3.63) is 0 Å². The first-order valence-corrected chi connectivity index (χ1v) is 3.28. The fourth-order valence-electron chi connectivity index (χ4n) is 1.62. The van der Waals surface area contributed by atoms with Crippen molar-refractivity contribution in [2.45, 2.75) is 12.5 Å². The van der Waals surface area contributed by atoms with E-state index in [1.165, 1.54) is 6.42 Å². The van der Waals surface area contributed by atoms with E-state index in [0.29, 0.717) is 6.04 Å². The number of nitrogens with two attached hydrogens (primary N) is 1. The predicted octanol–water partition coefficient (Wildman–Crippen LogP) is -0.432. The summed E-state index contributed by atoms with van der Waals surface area (Å²) in [7, 11) is 0. The van der Waals surface area contributed by atoms with Gasteiger partial charge in [-0.05, 0) is 18.3 Å². The molecule has 2 aliphatic rings. The summed E-state index contributed by atoms with van der Waals surface area (Å²) in [6.45, 7) is 2.11. The van der Waals surface area contributed by atoms with Crippen molar-refractivity contribution in [1.82, 2.24) is 5.32 Å². The maximum Gasteiger partial charge on any atom is 0.0179 e. The maximum atomic E-state index is 5.71. The summed E-state index contributed by atoms with van der Waals surface area (Å²) in [4.78, 5) is 0. The molecule has 2 nitrogen and oxygen atoms in total. The summed E-state index contributed by atoms with van der Waals surface area (Å²) in [6.07, 6.45) is 1.26. The van der Waals surface area contributed by atoms with Gasteiger partial charge in [-0.25, -0.2) is 5.32 Å². The van der Waals surface area contributed by atoms with Crippen LogP contribution in [0, 0.1) is 11.8 Å². The molecule has 2 N–H and O–H groups in total. The van der Waals surface area contributed by atoms with Crippen LogP contribution in [-0.2, 0) is 0 Å². The molecule has 1 aliphatic carbocycles. The SMILES string of the molecule is NC1C2CC[N]CC12. The average Bonchev–Trinajstić information content (AvgIpc) is 2.46. The minimum Gasteiger partial charge on any atom is -0.327 e. The van der Waals surface area contributed by atoms with Crippen LogP contribution >= 0.6 is 0 Å². The lowest BCUT2D eigenvalue weighted by Crippen LogP contribution is -2.16. The molecule has 2 fully saturated rings. The molecule has 3 atom stereocenters. The molecule has 1 aliphatic heterocycles. The third kappa shape index (κ3) is 0.501. The van der Waals surface area contributed by atoms with Crippen LogP contribution < -0.4 is 11.1 Å². The first-order valence-electron chi connectivity index (χ1n) is 3.28. The second-order valence-electron chi connectivity index (χ2n) is 2.82. The lowest BCUT2D eigenvalue weighted by atomic mass is 10.2. The lowest BCUT2D eigenvalue weighted by Gasteiger charge is -2.05. The number of piperidine rings is 1. The molecule has 0 aromatic heterocycles. The zero-order valence-electron chi connectivity index (χ0n) is 4.88. The molecule has 0 aromatic rings. The highest BCUT2D eigenvalue weighted by atomic mass is 15.0. The van der Waals surface area contributed by atoms with Crippen molar-refractivity contribution in [2.75, 3.05) is 13.1 Å². The third-order valence-corrected chi connectivity index (χ3v) is 2.36. The average molecular weight is 111 g/mol. The molecule has 1 radical (unpaired) electrons. The molecule has 8 heavy (non-hydrogen) atoms. The molecule has 1 saturated carbocycles. The molecule has 0 bridgehead atoms. The van der Waals surface area contributed by atoms with E-state index in [4.69, 9.17) is 5.73 Å². The summed E-state index contributed by atoms with van der Waals surface area (Å²) < 4.78 is 0. The van der Waals surface area contributed by atoms with Crippen molar-refractivity contribution in [2.24, 2.45) is 17.6 Å². The number of hydrogen-bond donors (Lipinski definition) is 1. The quantitative estimate of drug-likeness (QED) is 0.452. The van der Waals surface area contributed by atoms with Crippen LogP contribution in [0.25, 0.3) is 0 Å². The lowest BCUT2D eigenvalue weighted by molar-refractivity contribution is 0.488. The van der Waals surface area contributed by atoms with Gasteiger partial charge in [0.1, 0.15) is 0 Å². The van der Waals surface area contributed by atoms with Crippen molar-refractivity contribution in [1.29, 1.82) is 0 Å². The van der Waals surface area contributed by atoms with E-state index in [1.807, 2.05) is 0 Å². The van der Waals surface area contributed by atoms with Gasteiger partial charge in [-0.2, -0.15) is 0 Å². The molecule has 0 spiro atoms. The van der Waals surface area contributed by atoms with Gasteiger partial charge in [0.05, 0.1) is 0 Å². The second kappa shape index (κ2) is 1.45. The summed E-state index contributed by atoms with van der Waals surface area (Å²) in [5.41, 5.74) is 5.71. The highest BCUT2D eigenvalue weighted by molar-refractivity contribution is 5.04. The second-order valence-corrected chi connectivity index (χ2v) is 2.82. The monoisotopic (exact) mass is 111 g/mol. The van der Waals surface area contributed by atoms with Crippen LogP contribution in [-0.4, -0.2) is 19.1 Å². The fraction of sp³-hybridized carbons (Fsp3) is 1.00. The van der Waals surface area contributed by atoms with E-state index in [2.05, 4.69) is 5.32 Å². The van der Waals surface area contributed by atoms with Gasteiger partial charge < -0.3 is 5.73 Å². The van der Waals surface area contributed by atoms with E-state index in [9.17, 15) is 0 Å². The largest absolute Gasteiger partial charge is 0.327 e. The summed E-state index contributed by atoms with van der Waals surface area (Å²) in [5.74, 6) is 1.64. The Bertz CT molecular complexity index is 90.7. The van der Waals surface area contributed by atoms with Gasteiger partial charge in [0.15, 0.2) is 0 Å². The Morgan fingerprint density at radius 2 is 2.25 bits per heavy atom. The Kier molecular flexibility index (Phi) is 0.866. The fourth-order valence-corrected chi connectivity index (χ4v) is 1.62. The van der Waals surface area contributed by atoms with Gasteiger partial charge in [0, 0.05) is 19.1 Å². The van der Waals surface area contributed by atoms with Crippen molar-refractivity contribution in [3.8, 4) is 0 Å². The molecular formula is C6H11N2. The van der Waals surface area contributed by atoms with Crippen molar-refractivity contribution < 1.29 is 0 Å². The van der Waals surface area contributed by atoms with E-state index >= 15 is 0 Å². The zero-order valence-corrected chi connectivity index (χ0v) is 4.88. The smallest absolute Gasteiger partial charge is 0.0179 e. The summed E-state index contributed by atoms with van der Waals surface area (Å²) >= 11 is 0. The minimum absolute atomic E-state index is 0.515. The number of fused-ring (bicyclic) bond motifs is 1. The van der Waals surface area contributed by atoms with Gasteiger partial charge in [-0.15, -0.1) is 0 Å². The number of rotatable bonds is 0. The first-order chi connectivity index (χ1) is 3.89. The van der Waals surface area contributed by atoms with E-state index in [-0.39, 0.29) is 0 Å². The van der Waals surface area contributed by atoms with Crippen molar-refractivity contribution >= 4 is 0 Å². The van der Waals surface area contributed by atoms with Gasteiger partial charge in [0.2, 0.25) is 0 Å². The Labute approximate surface area is 49.4 Å². The normalized spacial score (nSPS) is 52.9. The maximum absolute atomic E-state index is 5.71. The molecule has 0 aromatic carbocycles. The highest BCUT2D eigenvalue weighted by Crippen LogP contribution is 2.41. The Morgan fingerprint density at radius 1 is 1.38 bits per heavy atom. The van der Waals surface area contributed by atoms with Crippen LogP contribution in [0.4, 0.5) is 0 Å². The number of nitrogens with zero attached hydrogens (tertiary/aromatic N) is 1. The first kappa shape index (κ1) is 4.77. The Hall–Kier alpha value is -0.0800. The molecule has 1 heterocycles. The van der Waals surface area contributed by atoms with Crippen molar-refractivity contribution in [3.63, 3.8) is 0 Å². The van der Waals surface area contributed by atoms with Crippen LogP contribution in [0.2, 0.25) is 0 Å². The Balaban J connectivity index is 1.97. The molecule has 1 saturated heterocycles. The van der Waals surface area contributed by atoms with Crippen LogP contribution in [0.15, 0.2) is 0 Å². The molecular weight excluding hydrogens is 100 g/mol. The van der Waals surface area contributed by atoms with Gasteiger partial charge in [0.25, 0.3) is 0 Å². The molecule has 2 heteroatoms. The highest BCUT2D eigenvalue weighted by Gasteiger charge is 2.48. The standard InChI is InChI=1S/C6H11N2/c7-6-4-1-2-8-3-5(4)6/h4-6H,1-3,7H2. The van der Waals surface area contributed by atoms with Gasteiger partial charge in [-0.1, -0.05) is 0 Å². The Morgan fingerprint density at radius 3 is 2.75 bits per heavy atom. The topological polar surface area (TPSA) is 40.1 Å². The van der Waals surface area contributed by atoms with E-state index in [0.717, 1.165) is 24.9 Å². The van der Waals surface area contributed by atoms with Crippen LogP contribution in [0.3, 0.4) is 0 Å². The van der Waals surface area contributed by atoms with E-state index in [1.54, 1.807) is 0 Å². The third-order valence-electron chi connectivity index (χ3n) is 2.36. The van der Waals surface area contributed by atoms with Crippen LogP contribution in [0.1, 0.15) is 6.42 Å². The summed E-state index contributed by atoms with van der Waals surface area (Å²) in [5, 5.41) is 4.27. The number of hydrogen-bond acceptors (Lipinski definition) is 1. The van der Waals surface area contributed by atoms with Crippen LogP contribution in [0.5, 0.6) is 0 Å². The molecule has 0 amide bonds. The zero-order chi connectivity index (χ0) is 5.56.